The van der Waals surface area contributed by atoms with E-state index in [1.54, 1.807) is 0 Å². The van der Waals surface area contributed by atoms with Gasteiger partial charge in [0.15, 0.2) is 6.29 Å². The molecule has 2 aliphatic carbocycles. The zero-order chi connectivity index (χ0) is 11.8. The van der Waals surface area contributed by atoms with Gasteiger partial charge in [-0.25, -0.2) is 8.78 Å². The Morgan fingerprint density at radius 1 is 1.38 bits per heavy atom. The van der Waals surface area contributed by atoms with Crippen molar-refractivity contribution in [3.8, 4) is 0 Å². The molecule has 0 aromatic rings. The molecule has 1 unspecified atom stereocenters. The van der Waals surface area contributed by atoms with Crippen molar-refractivity contribution >= 4 is 0 Å². The first kappa shape index (κ1) is 12.0. The van der Waals surface area contributed by atoms with Gasteiger partial charge in [0.05, 0.1) is 12.7 Å². The molecule has 2 N–H and O–H groups in total. The lowest BCUT2D eigenvalue weighted by Gasteiger charge is -2.22. The van der Waals surface area contributed by atoms with Gasteiger partial charge in [-0.1, -0.05) is 5.57 Å². The predicted octanol–water partition coefficient (Wildman–Crippen LogP) is 1.59. The van der Waals surface area contributed by atoms with Gasteiger partial charge in [0.25, 0.3) is 5.92 Å². The third-order valence-electron chi connectivity index (χ3n) is 3.16. The van der Waals surface area contributed by atoms with Gasteiger partial charge in [-0.05, 0) is 25.7 Å². The molecule has 92 valence electrons. The van der Waals surface area contributed by atoms with Gasteiger partial charge in [-0.2, -0.15) is 0 Å². The minimum Gasteiger partial charge on any atom is -0.373 e. The Morgan fingerprint density at radius 2 is 2.12 bits per heavy atom. The number of hydrogen-bond acceptors (Lipinski definition) is 3. The summed E-state index contributed by atoms with van der Waals surface area (Å²) in [5, 5.41) is 17.3. The molecule has 0 heterocycles. The number of aliphatic hydroxyl groups excluding tert-OH is 1. The second-order valence-electron chi connectivity index (χ2n) is 4.48. The molecular formula is C11H16F2O3. The van der Waals surface area contributed by atoms with Crippen LogP contribution in [-0.4, -0.2) is 35.1 Å². The van der Waals surface area contributed by atoms with E-state index in [4.69, 9.17) is 14.9 Å². The summed E-state index contributed by atoms with van der Waals surface area (Å²) in [4.78, 5) is 0. The van der Waals surface area contributed by atoms with E-state index in [1.807, 2.05) is 0 Å². The molecule has 16 heavy (non-hydrogen) atoms. The second kappa shape index (κ2) is 4.39. The summed E-state index contributed by atoms with van der Waals surface area (Å²) >= 11 is 0. The van der Waals surface area contributed by atoms with Crippen molar-refractivity contribution < 1.29 is 23.7 Å². The largest absolute Gasteiger partial charge is 0.373 e. The number of rotatable bonds is 3. The molecule has 0 aromatic heterocycles. The summed E-state index contributed by atoms with van der Waals surface area (Å²) in [5.74, 6) is -2.67. The third-order valence-corrected chi connectivity index (χ3v) is 3.16. The molecular weight excluding hydrogens is 218 g/mol. The van der Waals surface area contributed by atoms with Crippen molar-refractivity contribution in [2.75, 3.05) is 6.61 Å². The molecule has 0 saturated carbocycles. The van der Waals surface area contributed by atoms with Crippen LogP contribution in [0.25, 0.3) is 0 Å². The van der Waals surface area contributed by atoms with Crippen LogP contribution in [0.4, 0.5) is 8.78 Å². The van der Waals surface area contributed by atoms with E-state index >= 15 is 0 Å². The summed E-state index contributed by atoms with van der Waals surface area (Å²) in [5.41, 5.74) is 1.19. The van der Waals surface area contributed by atoms with Crippen LogP contribution >= 0.6 is 0 Å². The molecule has 5 heteroatoms. The Morgan fingerprint density at radius 3 is 2.81 bits per heavy atom. The summed E-state index contributed by atoms with van der Waals surface area (Å²) in [6, 6.07) is 0. The lowest BCUT2D eigenvalue weighted by Crippen LogP contribution is -2.25. The lowest BCUT2D eigenvalue weighted by molar-refractivity contribution is -0.117. The van der Waals surface area contributed by atoms with Gasteiger partial charge in [0.1, 0.15) is 0 Å². The summed E-state index contributed by atoms with van der Waals surface area (Å²) < 4.78 is 32.1. The Bertz CT molecular complexity index is 300. The van der Waals surface area contributed by atoms with Crippen LogP contribution in [0.1, 0.15) is 32.1 Å². The van der Waals surface area contributed by atoms with Gasteiger partial charge >= 0.3 is 0 Å². The molecule has 2 rings (SSSR count). The smallest absolute Gasteiger partial charge is 0.270 e. The molecule has 0 fully saturated rings. The maximum atomic E-state index is 13.4. The van der Waals surface area contributed by atoms with Crippen LogP contribution in [0.2, 0.25) is 0 Å². The summed E-state index contributed by atoms with van der Waals surface area (Å²) in [6.07, 6.45) is 0.0827. The highest BCUT2D eigenvalue weighted by Crippen LogP contribution is 2.49. The van der Waals surface area contributed by atoms with Crippen LogP contribution in [0.3, 0.4) is 0 Å². The quantitative estimate of drug-likeness (QED) is 0.576. The number of allylic oxidation sites excluding steroid dienone is 2. The van der Waals surface area contributed by atoms with Gasteiger partial charge in [0.2, 0.25) is 0 Å². The van der Waals surface area contributed by atoms with E-state index in [9.17, 15) is 8.78 Å². The van der Waals surface area contributed by atoms with E-state index in [0.717, 1.165) is 5.57 Å². The van der Waals surface area contributed by atoms with Crippen molar-refractivity contribution in [1.82, 2.24) is 0 Å². The zero-order valence-corrected chi connectivity index (χ0v) is 8.96. The van der Waals surface area contributed by atoms with Crippen LogP contribution in [0, 0.1) is 0 Å². The van der Waals surface area contributed by atoms with Crippen molar-refractivity contribution in [3.63, 3.8) is 0 Å². The van der Waals surface area contributed by atoms with E-state index in [2.05, 4.69) is 0 Å². The molecule has 1 atom stereocenters. The minimum absolute atomic E-state index is 0.196. The van der Waals surface area contributed by atoms with Crippen molar-refractivity contribution in [2.24, 2.45) is 0 Å². The normalized spacial score (nSPS) is 28.7. The average Bonchev–Trinajstić information content (AvgIpc) is 2.94. The minimum atomic E-state index is -2.67. The number of alkyl halides is 2. The second-order valence-corrected chi connectivity index (χ2v) is 4.48. The fourth-order valence-corrected chi connectivity index (χ4v) is 2.16. The van der Waals surface area contributed by atoms with Gasteiger partial charge in [0, 0.05) is 12.0 Å². The maximum Gasteiger partial charge on any atom is 0.270 e. The predicted molar refractivity (Wildman–Crippen MR) is 53.0 cm³/mol. The Hall–Kier alpha value is -0.520. The standard InChI is InChI=1S/C11H16F2O3/c12-11(13)4-3-8(16-6-10(14)15)2-1-7-5-9(7)11/h8,10,14-15H,1-6H2. The number of halogens is 2. The first-order valence-corrected chi connectivity index (χ1v) is 5.56. The van der Waals surface area contributed by atoms with E-state index in [0.29, 0.717) is 24.8 Å². The number of hydrogen-bond donors (Lipinski definition) is 2. The monoisotopic (exact) mass is 234 g/mol. The van der Waals surface area contributed by atoms with Crippen LogP contribution < -0.4 is 0 Å². The van der Waals surface area contributed by atoms with Crippen molar-refractivity contribution in [1.29, 1.82) is 0 Å². The van der Waals surface area contributed by atoms with Gasteiger partial charge in [-0.15, -0.1) is 0 Å². The fourth-order valence-electron chi connectivity index (χ4n) is 2.16. The van der Waals surface area contributed by atoms with E-state index < -0.39 is 12.2 Å². The highest BCUT2D eigenvalue weighted by atomic mass is 19.3. The molecule has 0 aromatic carbocycles. The molecule has 0 bridgehead atoms. The first-order chi connectivity index (χ1) is 7.49. The van der Waals surface area contributed by atoms with E-state index in [1.165, 1.54) is 0 Å². The molecule has 2 aliphatic rings. The van der Waals surface area contributed by atoms with E-state index in [-0.39, 0.29) is 25.6 Å². The van der Waals surface area contributed by atoms with Crippen LogP contribution in [0.5, 0.6) is 0 Å². The zero-order valence-electron chi connectivity index (χ0n) is 8.96. The third kappa shape index (κ3) is 2.78. The SMILES string of the molecule is OC(O)COC1CCC2=C(C2)C(F)(F)CC1. The Balaban J connectivity index is 1.88. The average molecular weight is 234 g/mol. The topological polar surface area (TPSA) is 49.7 Å². The van der Waals surface area contributed by atoms with Gasteiger partial charge in [-0.3, -0.25) is 0 Å². The fraction of sp³-hybridized carbons (Fsp3) is 0.818. The van der Waals surface area contributed by atoms with Crippen LogP contribution in [0.15, 0.2) is 11.1 Å². The highest BCUT2D eigenvalue weighted by molar-refractivity contribution is 5.40. The Kier molecular flexibility index (Phi) is 3.28. The molecule has 3 nitrogen and oxygen atoms in total. The van der Waals surface area contributed by atoms with Crippen LogP contribution in [-0.2, 0) is 4.74 Å². The number of aliphatic hydroxyl groups is 2. The molecule has 0 amide bonds. The summed E-state index contributed by atoms with van der Waals surface area (Å²) in [6.45, 7) is -0.206. The highest BCUT2D eigenvalue weighted by Gasteiger charge is 2.44. The van der Waals surface area contributed by atoms with Gasteiger partial charge < -0.3 is 14.9 Å². The first-order valence-electron chi connectivity index (χ1n) is 5.56. The maximum absolute atomic E-state index is 13.4. The lowest BCUT2D eigenvalue weighted by atomic mass is 10.0. The Labute approximate surface area is 92.7 Å². The molecule has 0 aliphatic heterocycles. The number of ether oxygens (including phenoxy) is 1. The molecule has 0 saturated heterocycles. The molecule has 0 radical (unpaired) electrons. The summed E-state index contributed by atoms with van der Waals surface area (Å²) in [7, 11) is 0. The van der Waals surface area contributed by atoms with Crippen molar-refractivity contribution in [2.45, 2.75) is 50.4 Å². The molecule has 0 spiro atoms. The van der Waals surface area contributed by atoms with Crippen molar-refractivity contribution in [3.05, 3.63) is 11.1 Å².